The molecule has 0 radical (unpaired) electrons. The molecule has 4 saturated heterocycles. The number of aliphatic hydroxyl groups is 5. The lowest BCUT2D eigenvalue weighted by molar-refractivity contribution is -0.339. The Morgan fingerprint density at radius 3 is 2.16 bits per heavy atom. The predicted molar refractivity (Wildman–Crippen MR) is 273 cm³/mol. The average molecular weight is 1030 g/mol. The van der Waals surface area contributed by atoms with Gasteiger partial charge in [0.25, 0.3) is 0 Å². The number of nitrogens with zero attached hydrogens (tertiary/aromatic N) is 6. The zero-order chi connectivity index (χ0) is 53.8. The molecule has 6 N–H and O–H groups in total. The third kappa shape index (κ3) is 13.0. The Labute approximate surface area is 432 Å². The van der Waals surface area contributed by atoms with Crippen LogP contribution in [0.4, 0.5) is 16.4 Å². The number of ether oxygens (including phenoxy) is 6. The molecule has 0 saturated carbocycles. The third-order valence-electron chi connectivity index (χ3n) is 16.4. The van der Waals surface area contributed by atoms with Crippen molar-refractivity contribution in [2.45, 2.75) is 185 Å². The average Bonchev–Trinajstić information content (AvgIpc) is 3.37. The number of esters is 1. The van der Waals surface area contributed by atoms with Gasteiger partial charge in [-0.25, -0.2) is 14.8 Å². The predicted octanol–water partition coefficient (Wildman–Crippen LogP) is 3.17. The Hall–Kier alpha value is -3.64. The second-order valence-electron chi connectivity index (χ2n) is 22.2. The SMILES string of the molecule is CC[C@H]1OC(=O)[C@H](C)[C@@H](O[C@H]2C[C@@](C)(OC)[C@](O)(CN3CCN(c4ncccn4)CC3)[C@H](C)O2)[C@H](C)[C@@H](O[C@@H]2O[C@H](C)C[C@H](N(C)C(=O)N(C)c3ccccc3)[C@H]2O)[C@](C)(O)C[C@@H](C)CN[C@H](C)[C@@H](O)[C@]1(C)O. The summed E-state index contributed by atoms with van der Waals surface area (Å²) in [5.74, 6) is -2.39. The summed E-state index contributed by atoms with van der Waals surface area (Å²) in [7, 11) is 4.83. The van der Waals surface area contributed by atoms with Crippen LogP contribution in [0, 0.1) is 17.8 Å². The summed E-state index contributed by atoms with van der Waals surface area (Å²) in [4.78, 5) is 44.7. The van der Waals surface area contributed by atoms with Crippen molar-refractivity contribution in [3.8, 4) is 0 Å². The van der Waals surface area contributed by atoms with E-state index in [1.807, 2.05) is 51.1 Å². The first-order chi connectivity index (χ1) is 34.3. The molecule has 0 bridgehead atoms. The third-order valence-corrected chi connectivity index (χ3v) is 16.4. The number of β-amino-alcohol motifs (C(OH)–C–C–N with tert-alkyl or cyclic N) is 1. The monoisotopic (exact) mass is 1030 g/mol. The number of carbonyl (C=O) groups excluding carboxylic acids is 2. The molecule has 0 unspecified atom stereocenters. The number of amides is 2. The maximum Gasteiger partial charge on any atom is 0.324 e. The fourth-order valence-electron chi connectivity index (χ4n) is 11.6. The Balaban J connectivity index is 1.33. The normalized spacial score (nSPS) is 40.7. The molecule has 0 aliphatic carbocycles. The van der Waals surface area contributed by atoms with Crippen LogP contribution >= 0.6 is 0 Å². The number of likely N-dealkylation sites (N-methyl/N-ethyl adjacent to an activating group) is 1. The molecular weight excluding hydrogens is 943 g/mol. The minimum atomic E-state index is -1.88. The van der Waals surface area contributed by atoms with E-state index >= 15 is 0 Å². The molecule has 2 amide bonds. The van der Waals surface area contributed by atoms with Crippen LogP contribution < -0.4 is 15.1 Å². The van der Waals surface area contributed by atoms with Crippen LogP contribution in [0.3, 0.4) is 0 Å². The van der Waals surface area contributed by atoms with Gasteiger partial charge in [0.15, 0.2) is 12.6 Å². The number of rotatable bonds is 11. The van der Waals surface area contributed by atoms with Gasteiger partial charge in [0.05, 0.1) is 42.0 Å². The van der Waals surface area contributed by atoms with E-state index in [1.54, 1.807) is 74.1 Å². The van der Waals surface area contributed by atoms with Crippen molar-refractivity contribution in [1.29, 1.82) is 0 Å². The summed E-state index contributed by atoms with van der Waals surface area (Å²) < 4.78 is 39.3. The Morgan fingerprint density at radius 2 is 1.55 bits per heavy atom. The number of aromatic nitrogens is 2. The quantitative estimate of drug-likeness (QED) is 0.177. The van der Waals surface area contributed by atoms with Gasteiger partial charge >= 0.3 is 12.0 Å². The van der Waals surface area contributed by atoms with Gasteiger partial charge in [-0.15, -0.1) is 0 Å². The summed E-state index contributed by atoms with van der Waals surface area (Å²) in [6.07, 6.45) is -6.05. The molecule has 73 heavy (non-hydrogen) atoms. The number of hydrogen-bond donors (Lipinski definition) is 6. The van der Waals surface area contributed by atoms with E-state index in [4.69, 9.17) is 28.4 Å². The molecule has 4 aliphatic rings. The summed E-state index contributed by atoms with van der Waals surface area (Å²) >= 11 is 0. The van der Waals surface area contributed by atoms with E-state index in [1.165, 1.54) is 23.8 Å². The van der Waals surface area contributed by atoms with Gasteiger partial charge < -0.3 is 69.1 Å². The summed E-state index contributed by atoms with van der Waals surface area (Å²) in [6.45, 7) is 20.4. The molecule has 6 rings (SSSR count). The van der Waals surface area contributed by atoms with Gasteiger partial charge in [0.1, 0.15) is 35.1 Å². The molecule has 1 aromatic heterocycles. The summed E-state index contributed by atoms with van der Waals surface area (Å²) in [5.41, 5.74) is -5.69. The molecule has 2 aromatic rings. The minimum absolute atomic E-state index is 0.0234. The number of aliphatic hydroxyl groups excluding tert-OH is 2. The van der Waals surface area contributed by atoms with Crippen molar-refractivity contribution in [3.63, 3.8) is 0 Å². The van der Waals surface area contributed by atoms with Crippen molar-refractivity contribution >= 4 is 23.6 Å². The molecular formula is C53H87N7O13. The number of urea groups is 1. The second kappa shape index (κ2) is 24.1. The molecule has 0 spiro atoms. The smallest absolute Gasteiger partial charge is 0.324 e. The zero-order valence-corrected chi connectivity index (χ0v) is 45.5. The second-order valence-corrected chi connectivity index (χ2v) is 22.2. The van der Waals surface area contributed by atoms with Crippen LogP contribution in [0.25, 0.3) is 0 Å². The lowest BCUT2D eigenvalue weighted by Crippen LogP contribution is -2.71. The van der Waals surface area contributed by atoms with Gasteiger partial charge in [-0.05, 0) is 98.4 Å². The van der Waals surface area contributed by atoms with Crippen LogP contribution in [-0.2, 0) is 33.2 Å². The molecule has 4 aliphatic heterocycles. The lowest BCUT2D eigenvalue weighted by atomic mass is 9.74. The number of nitrogens with one attached hydrogen (secondary N) is 1. The van der Waals surface area contributed by atoms with E-state index in [0.29, 0.717) is 44.4 Å². The van der Waals surface area contributed by atoms with Gasteiger partial charge in [-0.3, -0.25) is 14.6 Å². The molecule has 4 fully saturated rings. The molecule has 18 atom stereocenters. The number of hydrogen-bond acceptors (Lipinski definition) is 18. The van der Waals surface area contributed by atoms with Crippen LogP contribution in [-0.4, -0.2) is 208 Å². The van der Waals surface area contributed by atoms with E-state index in [2.05, 4.69) is 25.1 Å². The maximum absolute atomic E-state index is 14.7. The van der Waals surface area contributed by atoms with Crippen LogP contribution in [0.5, 0.6) is 0 Å². The Morgan fingerprint density at radius 1 is 0.904 bits per heavy atom. The molecule has 412 valence electrons. The van der Waals surface area contributed by atoms with Crippen molar-refractivity contribution in [3.05, 3.63) is 48.8 Å². The standard InChI is InChI=1S/C53H87N7O13/c1-14-40-52(10,66)44(62)36(6)56-30-32(2)28-50(8,65)45(73-47-42(61)39(27-33(3)69-47)58(12)49(64)57(11)38-19-16-15-17-20-38)34(4)43(35(5)46(63)71-40)72-41-29-51(9,68-13)53(67,37(7)70-41)31-59-23-25-60(26-24-59)48-54-21-18-22-55-48/h15-22,32-37,39-45,47,56,61-62,65-67H,14,23-31H2,1-13H3/t32-,33-,34+,35-,36-,37+,39+,40-,41+,42-,43+,44-,45-,47+,50-,51-,52-,53+/m1/s1. The highest BCUT2D eigenvalue weighted by Gasteiger charge is 2.59. The molecule has 1 aromatic carbocycles. The summed E-state index contributed by atoms with van der Waals surface area (Å²) in [6, 6.07) is 9.17. The number of methoxy groups -OCH3 is 1. The number of benzene rings is 1. The van der Waals surface area contributed by atoms with Gasteiger partial charge in [0, 0.05) is 90.4 Å². The number of anilines is 2. The van der Waals surface area contributed by atoms with Crippen LogP contribution in [0.15, 0.2) is 48.8 Å². The first-order valence-corrected chi connectivity index (χ1v) is 26.2. The fourth-order valence-corrected chi connectivity index (χ4v) is 11.6. The zero-order valence-electron chi connectivity index (χ0n) is 45.5. The highest BCUT2D eigenvalue weighted by Crippen LogP contribution is 2.44. The van der Waals surface area contributed by atoms with Gasteiger partial charge in [0.2, 0.25) is 5.95 Å². The van der Waals surface area contributed by atoms with Crippen molar-refractivity contribution in [2.24, 2.45) is 17.8 Å². The van der Waals surface area contributed by atoms with Crippen LogP contribution in [0.2, 0.25) is 0 Å². The first kappa shape index (κ1) is 58.6. The first-order valence-electron chi connectivity index (χ1n) is 26.2. The largest absolute Gasteiger partial charge is 0.459 e. The fraction of sp³-hybridized carbons (Fsp3) is 0.774. The van der Waals surface area contributed by atoms with Crippen molar-refractivity contribution < 1.29 is 63.5 Å². The number of para-hydroxylation sites is 1. The van der Waals surface area contributed by atoms with Gasteiger partial charge in [-0.1, -0.05) is 39.0 Å². The Bertz CT molecular complexity index is 2070. The number of cyclic esters (lactones) is 1. The lowest BCUT2D eigenvalue weighted by Gasteiger charge is -2.55. The number of carbonyl (C=O) groups is 2. The topological polar surface area (TPSA) is 241 Å². The molecule has 20 heteroatoms. The summed E-state index contributed by atoms with van der Waals surface area (Å²) in [5, 5.41) is 64.6. The van der Waals surface area contributed by atoms with E-state index < -0.39 is 108 Å². The molecule has 5 heterocycles. The number of piperazine rings is 1. The highest BCUT2D eigenvalue weighted by atomic mass is 16.7. The van der Waals surface area contributed by atoms with E-state index in [9.17, 15) is 35.1 Å². The van der Waals surface area contributed by atoms with Crippen LogP contribution in [0.1, 0.15) is 94.9 Å². The van der Waals surface area contributed by atoms with Gasteiger partial charge in [-0.2, -0.15) is 0 Å². The highest BCUT2D eigenvalue weighted by molar-refractivity contribution is 5.91. The van der Waals surface area contributed by atoms with Crippen molar-refractivity contribution in [2.75, 3.05) is 70.3 Å². The molecule has 20 nitrogen and oxygen atoms in total. The van der Waals surface area contributed by atoms with E-state index in [0.717, 1.165) is 0 Å². The maximum atomic E-state index is 14.7. The van der Waals surface area contributed by atoms with E-state index in [-0.39, 0.29) is 44.2 Å². The Kier molecular flexibility index (Phi) is 19.4. The minimum Gasteiger partial charge on any atom is -0.459 e. The van der Waals surface area contributed by atoms with Crippen molar-refractivity contribution in [1.82, 2.24) is 25.1 Å².